The van der Waals surface area contributed by atoms with Gasteiger partial charge in [0, 0.05) is 0 Å². The normalized spacial score (nSPS) is 22.0. The number of nitrogens with one attached hydrogen (secondary N) is 1. The molecule has 1 aliphatic rings. The Balaban J connectivity index is 2.26. The van der Waals surface area contributed by atoms with Crippen LogP contribution in [0.4, 0.5) is 8.78 Å². The van der Waals surface area contributed by atoms with Gasteiger partial charge in [0.2, 0.25) is 0 Å². The minimum Gasteiger partial charge on any atom is -0.271 e. The molecule has 3 N–H and O–H groups in total. The fourth-order valence-electron chi connectivity index (χ4n) is 1.85. The van der Waals surface area contributed by atoms with Gasteiger partial charge >= 0.3 is 0 Å². The number of hydrogen-bond donors (Lipinski definition) is 2. The molecule has 0 aliphatic heterocycles. The molecular formula is C8H16F2N2. The summed E-state index contributed by atoms with van der Waals surface area (Å²) in [6, 6.07) is -0.812. The summed E-state index contributed by atoms with van der Waals surface area (Å²) in [5.74, 6) is 5.48. The van der Waals surface area contributed by atoms with Crippen molar-refractivity contribution in [2.75, 3.05) is 0 Å². The van der Waals surface area contributed by atoms with Crippen molar-refractivity contribution < 1.29 is 8.78 Å². The quantitative estimate of drug-likeness (QED) is 0.507. The molecule has 0 spiro atoms. The smallest absolute Gasteiger partial charge is 0.255 e. The van der Waals surface area contributed by atoms with Crippen molar-refractivity contribution in [1.82, 2.24) is 5.43 Å². The molecule has 0 heterocycles. The van der Waals surface area contributed by atoms with E-state index in [-0.39, 0.29) is 0 Å². The highest BCUT2D eigenvalue weighted by molar-refractivity contribution is 4.75. The average molecular weight is 178 g/mol. The molecule has 72 valence electrons. The van der Waals surface area contributed by atoms with Crippen molar-refractivity contribution in [3.05, 3.63) is 0 Å². The Hall–Kier alpha value is -0.220. The number of nitrogens with two attached hydrogens (primary N) is 1. The van der Waals surface area contributed by atoms with Crippen LogP contribution in [0.15, 0.2) is 0 Å². The largest absolute Gasteiger partial charge is 0.271 e. The zero-order valence-corrected chi connectivity index (χ0v) is 7.10. The Morgan fingerprint density at radius 3 is 2.33 bits per heavy atom. The van der Waals surface area contributed by atoms with Gasteiger partial charge in [0.05, 0.1) is 6.04 Å². The highest BCUT2D eigenvalue weighted by Crippen LogP contribution is 2.29. The molecule has 2 nitrogen and oxygen atoms in total. The predicted octanol–water partition coefficient (Wildman–Crippen LogP) is 1.66. The van der Waals surface area contributed by atoms with Gasteiger partial charge in [-0.2, -0.15) is 0 Å². The summed E-state index contributed by atoms with van der Waals surface area (Å²) in [4.78, 5) is 0. The van der Waals surface area contributed by atoms with Gasteiger partial charge < -0.3 is 0 Å². The molecule has 0 aromatic carbocycles. The van der Waals surface area contributed by atoms with Gasteiger partial charge in [0.15, 0.2) is 0 Å². The number of hydrogen-bond acceptors (Lipinski definition) is 2. The third-order valence-electron chi connectivity index (χ3n) is 2.58. The second-order valence-corrected chi connectivity index (χ2v) is 3.49. The van der Waals surface area contributed by atoms with Crippen molar-refractivity contribution in [1.29, 1.82) is 0 Å². The fraction of sp³-hybridized carbons (Fsp3) is 1.00. The molecule has 0 amide bonds. The molecule has 1 aliphatic carbocycles. The van der Waals surface area contributed by atoms with E-state index in [4.69, 9.17) is 5.84 Å². The lowest BCUT2D eigenvalue weighted by atomic mass is 9.99. The first-order chi connectivity index (χ1) is 5.74. The molecule has 1 saturated carbocycles. The molecule has 4 heteroatoms. The second kappa shape index (κ2) is 4.72. The zero-order chi connectivity index (χ0) is 8.97. The maximum atomic E-state index is 12.2. The van der Waals surface area contributed by atoms with E-state index in [0.717, 1.165) is 12.8 Å². The van der Waals surface area contributed by atoms with Crippen LogP contribution in [-0.2, 0) is 0 Å². The van der Waals surface area contributed by atoms with Crippen LogP contribution in [-0.4, -0.2) is 12.5 Å². The van der Waals surface area contributed by atoms with Crippen LogP contribution in [0.25, 0.3) is 0 Å². The maximum absolute atomic E-state index is 12.2. The van der Waals surface area contributed by atoms with Gasteiger partial charge in [0.25, 0.3) is 6.43 Å². The third kappa shape index (κ3) is 2.68. The van der Waals surface area contributed by atoms with Crippen LogP contribution < -0.4 is 11.3 Å². The van der Waals surface area contributed by atoms with E-state index < -0.39 is 12.5 Å². The lowest BCUT2D eigenvalue weighted by Gasteiger charge is -2.18. The van der Waals surface area contributed by atoms with E-state index in [1.54, 1.807) is 0 Å². The van der Waals surface area contributed by atoms with Crippen molar-refractivity contribution in [2.45, 2.75) is 44.6 Å². The molecule has 12 heavy (non-hydrogen) atoms. The van der Waals surface area contributed by atoms with Gasteiger partial charge in [0.1, 0.15) is 0 Å². The Morgan fingerprint density at radius 2 is 1.92 bits per heavy atom. The Kier molecular flexibility index (Phi) is 3.88. The van der Waals surface area contributed by atoms with Crippen LogP contribution in [0.5, 0.6) is 0 Å². The van der Waals surface area contributed by atoms with Crippen LogP contribution >= 0.6 is 0 Å². The minimum atomic E-state index is -2.34. The highest BCUT2D eigenvalue weighted by Gasteiger charge is 2.24. The highest BCUT2D eigenvalue weighted by atomic mass is 19.3. The first-order valence-corrected chi connectivity index (χ1v) is 4.48. The van der Waals surface area contributed by atoms with Crippen LogP contribution in [0.3, 0.4) is 0 Å². The number of halogens is 2. The molecule has 0 aromatic heterocycles. The van der Waals surface area contributed by atoms with Gasteiger partial charge in [-0.25, -0.2) is 8.78 Å². The van der Waals surface area contributed by atoms with E-state index in [1.807, 2.05) is 0 Å². The second-order valence-electron chi connectivity index (χ2n) is 3.49. The van der Waals surface area contributed by atoms with Gasteiger partial charge in [-0.1, -0.05) is 25.7 Å². The fourth-order valence-corrected chi connectivity index (χ4v) is 1.85. The first kappa shape index (κ1) is 9.86. The minimum absolute atomic E-state index is 0.458. The molecule has 1 unspecified atom stereocenters. The lowest BCUT2D eigenvalue weighted by Crippen LogP contribution is -2.41. The van der Waals surface area contributed by atoms with E-state index >= 15 is 0 Å². The van der Waals surface area contributed by atoms with E-state index in [1.165, 1.54) is 12.8 Å². The standard InChI is InChI=1S/C8H16F2N2/c9-8(10)7(12-11)5-6-3-1-2-4-6/h6-8,12H,1-5,11H2. The number of alkyl halides is 2. The predicted molar refractivity (Wildman–Crippen MR) is 43.7 cm³/mol. The summed E-state index contributed by atoms with van der Waals surface area (Å²) in [7, 11) is 0. The molecule has 0 saturated heterocycles. The van der Waals surface area contributed by atoms with Crippen LogP contribution in [0.1, 0.15) is 32.1 Å². The zero-order valence-electron chi connectivity index (χ0n) is 7.10. The molecule has 0 radical (unpaired) electrons. The van der Waals surface area contributed by atoms with Crippen LogP contribution in [0, 0.1) is 5.92 Å². The molecule has 0 bridgehead atoms. The van der Waals surface area contributed by atoms with E-state index in [0.29, 0.717) is 12.3 Å². The Labute approximate surface area is 71.5 Å². The summed E-state index contributed by atoms with van der Waals surface area (Å²) < 4.78 is 24.4. The average Bonchev–Trinajstić information content (AvgIpc) is 2.51. The van der Waals surface area contributed by atoms with Gasteiger partial charge in [-0.3, -0.25) is 11.3 Å². The van der Waals surface area contributed by atoms with Crippen molar-refractivity contribution in [3.63, 3.8) is 0 Å². The summed E-state index contributed by atoms with van der Waals surface area (Å²) in [5.41, 5.74) is 2.18. The third-order valence-corrected chi connectivity index (χ3v) is 2.58. The molecular weight excluding hydrogens is 162 g/mol. The summed E-state index contributed by atoms with van der Waals surface area (Å²) in [5, 5.41) is 0. The van der Waals surface area contributed by atoms with Crippen LogP contribution in [0.2, 0.25) is 0 Å². The summed E-state index contributed by atoms with van der Waals surface area (Å²) in [6.45, 7) is 0. The van der Waals surface area contributed by atoms with Crippen molar-refractivity contribution in [3.8, 4) is 0 Å². The van der Waals surface area contributed by atoms with E-state index in [9.17, 15) is 8.78 Å². The molecule has 1 atom stereocenters. The SMILES string of the molecule is NNC(CC1CCCC1)C(F)F. The Bertz CT molecular complexity index is 124. The Morgan fingerprint density at radius 1 is 1.33 bits per heavy atom. The van der Waals surface area contributed by atoms with Gasteiger partial charge in [-0.05, 0) is 12.3 Å². The summed E-state index contributed by atoms with van der Waals surface area (Å²) >= 11 is 0. The first-order valence-electron chi connectivity index (χ1n) is 4.48. The summed E-state index contributed by atoms with van der Waals surface area (Å²) in [6.07, 6.45) is 2.73. The molecule has 1 fully saturated rings. The molecule has 1 rings (SSSR count). The van der Waals surface area contributed by atoms with Gasteiger partial charge in [-0.15, -0.1) is 0 Å². The number of rotatable bonds is 4. The number of hydrazine groups is 1. The maximum Gasteiger partial charge on any atom is 0.255 e. The topological polar surface area (TPSA) is 38.0 Å². The lowest BCUT2D eigenvalue weighted by molar-refractivity contribution is 0.0860. The molecule has 0 aromatic rings. The van der Waals surface area contributed by atoms with Crippen molar-refractivity contribution in [2.24, 2.45) is 11.8 Å². The van der Waals surface area contributed by atoms with E-state index in [2.05, 4.69) is 5.43 Å². The van der Waals surface area contributed by atoms with Crippen molar-refractivity contribution >= 4 is 0 Å². The monoisotopic (exact) mass is 178 g/mol.